The van der Waals surface area contributed by atoms with Gasteiger partial charge < -0.3 is 14.8 Å². The van der Waals surface area contributed by atoms with E-state index in [-0.39, 0.29) is 11.3 Å². The number of halogens is 5. The molecule has 1 aromatic carbocycles. The highest BCUT2D eigenvalue weighted by atomic mass is 32.2. The van der Waals surface area contributed by atoms with Crippen LogP contribution in [0.4, 0.5) is 27.6 Å². The Bertz CT molecular complexity index is 1210. The van der Waals surface area contributed by atoms with E-state index in [9.17, 15) is 35.2 Å². The van der Waals surface area contributed by atoms with Gasteiger partial charge in [0.2, 0.25) is 5.82 Å². The topological polar surface area (TPSA) is 121 Å². The zero-order valence-corrected chi connectivity index (χ0v) is 18.8. The number of nitrogens with one attached hydrogen (secondary N) is 1. The van der Waals surface area contributed by atoms with Crippen LogP contribution in [0.1, 0.15) is 25.3 Å². The Labute approximate surface area is 191 Å². The second-order valence-corrected chi connectivity index (χ2v) is 9.37. The van der Waals surface area contributed by atoms with Crippen molar-refractivity contribution in [2.45, 2.75) is 42.7 Å². The summed E-state index contributed by atoms with van der Waals surface area (Å²) in [6.07, 6.45) is -5.78. The summed E-state index contributed by atoms with van der Waals surface area (Å²) in [5.41, 5.74) is -3.07. The third-order valence-corrected chi connectivity index (χ3v) is 6.69. The molecule has 3 rings (SSSR count). The van der Waals surface area contributed by atoms with Crippen molar-refractivity contribution in [3.05, 3.63) is 47.7 Å². The minimum absolute atomic E-state index is 0.0646. The lowest BCUT2D eigenvalue weighted by Crippen LogP contribution is -2.47. The number of carbonyl (C=O) groups excluding carboxylic acids is 1. The standard InChI is InChI=1S/C20H20F5N3O5S/c1-9-14(11-5-6-12(21)15(22)16(11)32-3)17(33-19(9,2)20(23,24)25)18(29)28-10-4-7-13(27-8-10)34(26,30)31/h4-9,14,17H,1-3H3,(H,28,29)(H2,26,30,31)/t9-,14-,17+,19+/m0/s1. The fraction of sp³-hybridized carbons (Fsp3) is 0.400. The highest BCUT2D eigenvalue weighted by molar-refractivity contribution is 7.89. The van der Waals surface area contributed by atoms with Crippen LogP contribution in [-0.2, 0) is 19.6 Å². The lowest BCUT2D eigenvalue weighted by molar-refractivity contribution is -0.272. The maximum absolute atomic E-state index is 14.3. The van der Waals surface area contributed by atoms with E-state index in [1.54, 1.807) is 0 Å². The Hall–Kier alpha value is -2.84. The van der Waals surface area contributed by atoms with E-state index in [2.05, 4.69) is 10.3 Å². The highest BCUT2D eigenvalue weighted by Gasteiger charge is 2.65. The van der Waals surface area contributed by atoms with Crippen LogP contribution in [0.2, 0.25) is 0 Å². The van der Waals surface area contributed by atoms with Crippen molar-refractivity contribution in [1.29, 1.82) is 0 Å². The molecular formula is C20H20F5N3O5S. The van der Waals surface area contributed by atoms with Crippen LogP contribution in [-0.4, -0.2) is 44.3 Å². The Morgan fingerprint density at radius 2 is 1.88 bits per heavy atom. The number of primary sulfonamides is 1. The van der Waals surface area contributed by atoms with Crippen molar-refractivity contribution >= 4 is 21.6 Å². The zero-order chi connectivity index (χ0) is 25.6. The van der Waals surface area contributed by atoms with E-state index in [0.717, 1.165) is 38.4 Å². The molecule has 1 amide bonds. The molecule has 1 saturated heterocycles. The summed E-state index contributed by atoms with van der Waals surface area (Å²) in [6.45, 7) is 1.93. The molecule has 1 aromatic heterocycles. The minimum atomic E-state index is -4.91. The van der Waals surface area contributed by atoms with Crippen molar-refractivity contribution < 1.29 is 44.6 Å². The van der Waals surface area contributed by atoms with E-state index in [0.29, 0.717) is 6.07 Å². The van der Waals surface area contributed by atoms with Crippen LogP contribution < -0.4 is 15.2 Å². The number of nitrogens with zero attached hydrogens (tertiary/aromatic N) is 1. The molecule has 14 heteroatoms. The Kier molecular flexibility index (Phi) is 6.63. The summed E-state index contributed by atoms with van der Waals surface area (Å²) in [6, 6.07) is 3.86. The second-order valence-electron chi connectivity index (χ2n) is 7.86. The van der Waals surface area contributed by atoms with Crippen LogP contribution >= 0.6 is 0 Å². The molecule has 2 aromatic rings. The van der Waals surface area contributed by atoms with E-state index >= 15 is 0 Å². The Morgan fingerprint density at radius 1 is 1.24 bits per heavy atom. The molecule has 0 saturated carbocycles. The number of hydrogen-bond donors (Lipinski definition) is 2. The summed E-state index contributed by atoms with van der Waals surface area (Å²) in [4.78, 5) is 16.6. The molecule has 0 radical (unpaired) electrons. The Morgan fingerprint density at radius 3 is 2.38 bits per heavy atom. The van der Waals surface area contributed by atoms with Crippen LogP contribution in [0, 0.1) is 17.6 Å². The van der Waals surface area contributed by atoms with Gasteiger partial charge in [-0.3, -0.25) is 4.79 Å². The number of anilines is 1. The van der Waals surface area contributed by atoms with E-state index in [4.69, 9.17) is 14.6 Å². The SMILES string of the molecule is COc1c([C@H]2[C@H](C(=O)Nc3ccc(S(N)(=O)=O)nc3)O[C@@](C)(C(F)(F)F)[C@H]2C)ccc(F)c1F. The third kappa shape index (κ3) is 4.44. The molecule has 8 nitrogen and oxygen atoms in total. The van der Waals surface area contributed by atoms with Crippen LogP contribution in [0.5, 0.6) is 5.75 Å². The second kappa shape index (κ2) is 8.74. The first-order valence-corrected chi connectivity index (χ1v) is 11.2. The number of aromatic nitrogens is 1. The molecule has 1 aliphatic rings. The average Bonchev–Trinajstić information content (AvgIpc) is 3.02. The van der Waals surface area contributed by atoms with E-state index in [1.807, 2.05) is 0 Å². The van der Waals surface area contributed by atoms with Crippen molar-refractivity contribution in [3.8, 4) is 5.75 Å². The normalized spacial score (nSPS) is 25.3. The molecule has 0 aliphatic carbocycles. The van der Waals surface area contributed by atoms with Crippen LogP contribution in [0.3, 0.4) is 0 Å². The fourth-order valence-electron chi connectivity index (χ4n) is 3.88. The van der Waals surface area contributed by atoms with Gasteiger partial charge >= 0.3 is 6.18 Å². The first kappa shape index (κ1) is 25.8. The molecule has 4 atom stereocenters. The smallest absolute Gasteiger partial charge is 0.417 e. The predicted molar refractivity (Wildman–Crippen MR) is 108 cm³/mol. The summed E-state index contributed by atoms with van der Waals surface area (Å²) >= 11 is 0. The summed E-state index contributed by atoms with van der Waals surface area (Å²) < 4.78 is 103. The molecule has 2 heterocycles. The fourth-order valence-corrected chi connectivity index (χ4v) is 4.33. The average molecular weight is 509 g/mol. The van der Waals surface area contributed by atoms with E-state index in [1.165, 1.54) is 6.92 Å². The maximum Gasteiger partial charge on any atom is 0.417 e. The quantitative estimate of drug-likeness (QED) is 0.598. The van der Waals surface area contributed by atoms with Crippen molar-refractivity contribution in [2.75, 3.05) is 12.4 Å². The third-order valence-electron chi connectivity index (χ3n) is 5.87. The maximum atomic E-state index is 14.3. The number of nitrogens with two attached hydrogens (primary N) is 1. The molecule has 1 aliphatic heterocycles. The number of benzene rings is 1. The van der Waals surface area contributed by atoms with Gasteiger partial charge in [-0.1, -0.05) is 13.0 Å². The van der Waals surface area contributed by atoms with Gasteiger partial charge in [0.1, 0.15) is 6.10 Å². The van der Waals surface area contributed by atoms with Crippen molar-refractivity contribution in [3.63, 3.8) is 0 Å². The lowest BCUT2D eigenvalue weighted by atomic mass is 9.77. The number of amides is 1. The van der Waals surface area contributed by atoms with Gasteiger partial charge in [0.15, 0.2) is 22.2 Å². The van der Waals surface area contributed by atoms with Crippen molar-refractivity contribution in [1.82, 2.24) is 4.98 Å². The van der Waals surface area contributed by atoms with E-state index < -0.39 is 68.1 Å². The van der Waals surface area contributed by atoms with Crippen LogP contribution in [0.25, 0.3) is 0 Å². The van der Waals surface area contributed by atoms with Gasteiger partial charge in [0, 0.05) is 17.4 Å². The van der Waals surface area contributed by atoms with Crippen molar-refractivity contribution in [2.24, 2.45) is 11.1 Å². The van der Waals surface area contributed by atoms with Gasteiger partial charge in [0.05, 0.1) is 19.0 Å². The molecule has 0 spiro atoms. The number of alkyl halides is 3. The highest BCUT2D eigenvalue weighted by Crippen LogP contribution is 2.55. The molecule has 0 unspecified atom stereocenters. The minimum Gasteiger partial charge on any atom is -0.493 e. The first-order valence-electron chi connectivity index (χ1n) is 9.68. The lowest BCUT2D eigenvalue weighted by Gasteiger charge is -2.32. The number of hydrogen-bond acceptors (Lipinski definition) is 6. The number of carbonyl (C=O) groups is 1. The molecule has 3 N–H and O–H groups in total. The predicted octanol–water partition coefficient (Wildman–Crippen LogP) is 3.09. The Balaban J connectivity index is 2.04. The molecule has 186 valence electrons. The van der Waals surface area contributed by atoms with Gasteiger partial charge in [-0.05, 0) is 25.1 Å². The van der Waals surface area contributed by atoms with Gasteiger partial charge in [-0.15, -0.1) is 0 Å². The largest absolute Gasteiger partial charge is 0.493 e. The van der Waals surface area contributed by atoms with Gasteiger partial charge in [-0.25, -0.2) is 22.9 Å². The summed E-state index contributed by atoms with van der Waals surface area (Å²) in [5, 5.41) is 6.76. The molecule has 1 fully saturated rings. The number of pyridine rings is 1. The van der Waals surface area contributed by atoms with Crippen LogP contribution in [0.15, 0.2) is 35.5 Å². The molecule has 0 bridgehead atoms. The zero-order valence-electron chi connectivity index (χ0n) is 18.0. The van der Waals surface area contributed by atoms with Gasteiger partial charge in [-0.2, -0.15) is 17.6 Å². The number of methoxy groups -OCH3 is 1. The van der Waals surface area contributed by atoms with Gasteiger partial charge in [0.25, 0.3) is 15.9 Å². The number of rotatable bonds is 5. The monoisotopic (exact) mass is 509 g/mol. The first-order chi connectivity index (χ1) is 15.6. The number of sulfonamides is 1. The molecule has 34 heavy (non-hydrogen) atoms. The summed E-state index contributed by atoms with van der Waals surface area (Å²) in [7, 11) is -3.10. The molecular weight excluding hydrogens is 489 g/mol. The summed E-state index contributed by atoms with van der Waals surface area (Å²) in [5.74, 6) is -7.23. The number of ether oxygens (including phenoxy) is 2.